The first-order chi connectivity index (χ1) is 13.2. The Labute approximate surface area is 160 Å². The van der Waals surface area contributed by atoms with Gasteiger partial charge in [-0.15, -0.1) is 0 Å². The molecule has 3 nitrogen and oxygen atoms in total. The van der Waals surface area contributed by atoms with Crippen LogP contribution in [0.3, 0.4) is 0 Å². The highest BCUT2D eigenvalue weighted by Gasteiger charge is 2.22. The monoisotopic (exact) mass is 359 g/mol. The molecule has 27 heavy (non-hydrogen) atoms. The Morgan fingerprint density at radius 2 is 1.74 bits per heavy atom. The molecule has 1 aliphatic heterocycles. The van der Waals surface area contributed by atoms with E-state index in [2.05, 4.69) is 71.6 Å². The summed E-state index contributed by atoms with van der Waals surface area (Å²) in [6.07, 6.45) is 2.61. The van der Waals surface area contributed by atoms with Gasteiger partial charge >= 0.3 is 5.97 Å². The van der Waals surface area contributed by atoms with Crippen molar-refractivity contribution in [2.24, 2.45) is 5.92 Å². The van der Waals surface area contributed by atoms with Gasteiger partial charge in [-0.1, -0.05) is 54.6 Å². The molecule has 1 fully saturated rings. The lowest BCUT2D eigenvalue weighted by molar-refractivity contribution is -0.141. The number of anilines is 1. The number of ether oxygens (including phenoxy) is 1. The molecule has 1 aliphatic rings. The second-order valence-electron chi connectivity index (χ2n) is 7.29. The van der Waals surface area contributed by atoms with E-state index >= 15 is 0 Å². The first-order valence-electron chi connectivity index (χ1n) is 9.64. The fourth-order valence-corrected chi connectivity index (χ4v) is 4.06. The van der Waals surface area contributed by atoms with Crippen LogP contribution in [0.25, 0.3) is 21.9 Å². The van der Waals surface area contributed by atoms with Gasteiger partial charge in [-0.3, -0.25) is 4.79 Å². The maximum atomic E-state index is 11.5. The molecule has 3 heteroatoms. The number of esters is 1. The molecule has 138 valence electrons. The molecule has 0 atom stereocenters. The first-order valence-corrected chi connectivity index (χ1v) is 9.64. The molecule has 0 amide bonds. The maximum Gasteiger partial charge on any atom is 0.305 e. The molecular formula is C24H25NO2. The minimum Gasteiger partial charge on any atom is -0.469 e. The second kappa shape index (κ2) is 7.83. The van der Waals surface area contributed by atoms with E-state index in [1.54, 1.807) is 0 Å². The lowest BCUT2D eigenvalue weighted by atomic mass is 9.93. The Hall–Kier alpha value is -2.81. The number of benzene rings is 3. The normalized spacial score (nSPS) is 15.1. The highest BCUT2D eigenvalue weighted by molar-refractivity contribution is 5.97. The van der Waals surface area contributed by atoms with Crippen LogP contribution in [0.4, 0.5) is 5.69 Å². The topological polar surface area (TPSA) is 29.5 Å². The molecule has 0 saturated carbocycles. The molecule has 0 radical (unpaired) electrons. The Kier molecular flexibility index (Phi) is 5.10. The highest BCUT2D eigenvalue weighted by atomic mass is 16.5. The Balaban J connectivity index is 1.54. The summed E-state index contributed by atoms with van der Waals surface area (Å²) in [6, 6.07) is 23.8. The van der Waals surface area contributed by atoms with Crippen molar-refractivity contribution in [1.29, 1.82) is 0 Å². The van der Waals surface area contributed by atoms with Crippen molar-refractivity contribution in [3.05, 3.63) is 66.7 Å². The molecule has 0 aromatic heterocycles. The summed E-state index contributed by atoms with van der Waals surface area (Å²) in [6.45, 7) is 1.97. The van der Waals surface area contributed by atoms with Gasteiger partial charge in [0.25, 0.3) is 0 Å². The van der Waals surface area contributed by atoms with Gasteiger partial charge in [-0.2, -0.15) is 0 Å². The third kappa shape index (κ3) is 3.82. The molecular weight excluding hydrogens is 334 g/mol. The number of carbonyl (C=O) groups excluding carboxylic acids is 1. The smallest absolute Gasteiger partial charge is 0.305 e. The average Bonchev–Trinajstić information content (AvgIpc) is 2.74. The van der Waals surface area contributed by atoms with E-state index < -0.39 is 0 Å². The van der Waals surface area contributed by atoms with Crippen molar-refractivity contribution in [2.75, 3.05) is 25.1 Å². The van der Waals surface area contributed by atoms with E-state index in [1.165, 1.54) is 34.7 Å². The van der Waals surface area contributed by atoms with Crippen LogP contribution in [0.5, 0.6) is 0 Å². The van der Waals surface area contributed by atoms with Crippen LogP contribution in [0, 0.1) is 5.92 Å². The summed E-state index contributed by atoms with van der Waals surface area (Å²) in [5.41, 5.74) is 3.79. The molecule has 1 saturated heterocycles. The SMILES string of the molecule is COC(=O)CC1CCN(c2cccc(-c3cccc4ccccc34)c2)CC1. The summed E-state index contributed by atoms with van der Waals surface area (Å²) in [5.74, 6) is 0.348. The van der Waals surface area contributed by atoms with E-state index in [9.17, 15) is 4.79 Å². The van der Waals surface area contributed by atoms with Gasteiger partial charge in [0.15, 0.2) is 0 Å². The fraction of sp³-hybridized carbons (Fsp3) is 0.292. The van der Waals surface area contributed by atoms with Crippen LogP contribution in [0.1, 0.15) is 19.3 Å². The van der Waals surface area contributed by atoms with Crippen molar-refractivity contribution in [3.63, 3.8) is 0 Å². The molecule has 1 heterocycles. The molecule has 3 aromatic carbocycles. The Bertz CT molecular complexity index is 937. The van der Waals surface area contributed by atoms with Gasteiger partial charge < -0.3 is 9.64 Å². The minimum atomic E-state index is -0.0913. The number of carbonyl (C=O) groups is 1. The van der Waals surface area contributed by atoms with Crippen LogP contribution in [-0.2, 0) is 9.53 Å². The number of hydrogen-bond acceptors (Lipinski definition) is 3. The standard InChI is InChI=1S/C24H25NO2/c1-27-24(26)16-18-12-14-25(15-13-18)21-9-4-8-20(17-21)23-11-5-7-19-6-2-3-10-22(19)23/h2-11,17-18H,12-16H2,1H3. The zero-order valence-corrected chi connectivity index (χ0v) is 15.7. The van der Waals surface area contributed by atoms with Gasteiger partial charge in [-0.25, -0.2) is 0 Å². The second-order valence-corrected chi connectivity index (χ2v) is 7.29. The molecule has 4 rings (SSSR count). The predicted octanol–water partition coefficient (Wildman–Crippen LogP) is 5.29. The zero-order chi connectivity index (χ0) is 18.6. The third-order valence-corrected chi connectivity index (χ3v) is 5.61. The summed E-state index contributed by atoms with van der Waals surface area (Å²) >= 11 is 0. The largest absolute Gasteiger partial charge is 0.469 e. The molecule has 0 spiro atoms. The van der Waals surface area contributed by atoms with Gasteiger partial charge in [0.2, 0.25) is 0 Å². The van der Waals surface area contributed by atoms with Gasteiger partial charge in [0, 0.05) is 25.2 Å². The number of methoxy groups -OCH3 is 1. The quantitative estimate of drug-likeness (QED) is 0.593. The first kappa shape index (κ1) is 17.6. The summed E-state index contributed by atoms with van der Waals surface area (Å²) in [7, 11) is 1.47. The van der Waals surface area contributed by atoms with Crippen molar-refractivity contribution < 1.29 is 9.53 Å². The van der Waals surface area contributed by atoms with Gasteiger partial charge in [-0.05, 0) is 52.8 Å². The van der Waals surface area contributed by atoms with Crippen molar-refractivity contribution >= 4 is 22.4 Å². The van der Waals surface area contributed by atoms with Crippen LogP contribution in [0.15, 0.2) is 66.7 Å². The van der Waals surface area contributed by atoms with Crippen LogP contribution >= 0.6 is 0 Å². The number of hydrogen-bond donors (Lipinski definition) is 0. The van der Waals surface area contributed by atoms with Gasteiger partial charge in [0.1, 0.15) is 0 Å². The number of piperidine rings is 1. The molecule has 0 aliphatic carbocycles. The Morgan fingerprint density at radius 1 is 1.00 bits per heavy atom. The lowest BCUT2D eigenvalue weighted by Crippen LogP contribution is -2.34. The molecule has 3 aromatic rings. The van der Waals surface area contributed by atoms with Crippen molar-refractivity contribution in [3.8, 4) is 11.1 Å². The van der Waals surface area contributed by atoms with Crippen LogP contribution in [-0.4, -0.2) is 26.2 Å². The molecule has 0 N–H and O–H groups in total. The van der Waals surface area contributed by atoms with E-state index in [0.717, 1.165) is 25.9 Å². The molecule has 0 bridgehead atoms. The maximum absolute atomic E-state index is 11.5. The zero-order valence-electron chi connectivity index (χ0n) is 15.7. The minimum absolute atomic E-state index is 0.0913. The lowest BCUT2D eigenvalue weighted by Gasteiger charge is -2.33. The predicted molar refractivity (Wildman–Crippen MR) is 111 cm³/mol. The van der Waals surface area contributed by atoms with Crippen LogP contribution < -0.4 is 4.90 Å². The number of rotatable bonds is 4. The van der Waals surface area contributed by atoms with E-state index in [4.69, 9.17) is 4.74 Å². The van der Waals surface area contributed by atoms with E-state index in [0.29, 0.717) is 12.3 Å². The summed E-state index contributed by atoms with van der Waals surface area (Å²) < 4.78 is 4.81. The summed E-state index contributed by atoms with van der Waals surface area (Å²) in [4.78, 5) is 13.9. The Morgan fingerprint density at radius 3 is 2.56 bits per heavy atom. The van der Waals surface area contributed by atoms with E-state index in [-0.39, 0.29) is 5.97 Å². The average molecular weight is 359 g/mol. The fourth-order valence-electron chi connectivity index (χ4n) is 4.06. The summed E-state index contributed by atoms with van der Waals surface area (Å²) in [5, 5.41) is 2.55. The molecule has 0 unspecified atom stereocenters. The number of nitrogens with zero attached hydrogens (tertiary/aromatic N) is 1. The third-order valence-electron chi connectivity index (χ3n) is 5.61. The van der Waals surface area contributed by atoms with Crippen molar-refractivity contribution in [2.45, 2.75) is 19.3 Å². The highest BCUT2D eigenvalue weighted by Crippen LogP contribution is 2.32. The van der Waals surface area contributed by atoms with Gasteiger partial charge in [0.05, 0.1) is 7.11 Å². The van der Waals surface area contributed by atoms with E-state index in [1.807, 2.05) is 0 Å². The number of fused-ring (bicyclic) bond motifs is 1. The van der Waals surface area contributed by atoms with Crippen molar-refractivity contribution in [1.82, 2.24) is 0 Å². The van der Waals surface area contributed by atoms with Crippen LogP contribution in [0.2, 0.25) is 0 Å².